The lowest BCUT2D eigenvalue weighted by molar-refractivity contribution is 1.01. The van der Waals surface area contributed by atoms with Crippen LogP contribution in [-0.2, 0) is 11.8 Å². The van der Waals surface area contributed by atoms with Gasteiger partial charge in [0.15, 0.2) is 11.8 Å². The maximum atomic E-state index is 5.16. The molecule has 1 saturated heterocycles. The van der Waals surface area contributed by atoms with E-state index < -0.39 is 6.19 Å². The van der Waals surface area contributed by atoms with Gasteiger partial charge >= 0.3 is 0 Å². The van der Waals surface area contributed by atoms with Crippen LogP contribution in [0.1, 0.15) is 0 Å². The average molecular weight is 128 g/mol. The first-order valence-corrected chi connectivity index (χ1v) is 4.80. The normalized spacial score (nSPS) is 47.7. The molecule has 0 radical (unpaired) electrons. The van der Waals surface area contributed by atoms with Gasteiger partial charge in [-0.3, -0.25) is 4.67 Å². The van der Waals surface area contributed by atoms with Crippen LogP contribution in [-0.4, -0.2) is 10.2 Å². The van der Waals surface area contributed by atoms with E-state index in [0.29, 0.717) is 0 Å². The van der Waals surface area contributed by atoms with E-state index in [1.165, 1.54) is 11.0 Å². The van der Waals surface area contributed by atoms with Gasteiger partial charge in [0.25, 0.3) is 0 Å². The predicted molar refractivity (Wildman–Crippen MR) is 31.6 cm³/mol. The molecule has 0 amide bonds. The van der Waals surface area contributed by atoms with Gasteiger partial charge in [-0.25, -0.2) is 4.99 Å². The standard InChI is InChI=1S/C3HN2PS/c7-6-2-1-5(6)3(6)4-2/h1H. The third-order valence-corrected chi connectivity index (χ3v) is 5.50. The van der Waals surface area contributed by atoms with Crippen LogP contribution < -0.4 is 0 Å². The molecule has 0 saturated carbocycles. The Morgan fingerprint density at radius 1 is 1.86 bits per heavy atom. The summed E-state index contributed by atoms with van der Waals surface area (Å²) in [5.41, 5.74) is 2.41. The molecule has 3 heterocycles. The minimum absolute atomic E-state index is 1.02. The molecular weight excluding hydrogens is 127 g/mol. The first-order chi connectivity index (χ1) is 3.33. The Kier molecular flexibility index (Phi) is 0.209. The van der Waals surface area contributed by atoms with Gasteiger partial charge < -0.3 is 0 Å². The highest BCUT2D eigenvalue weighted by atomic mass is 32.4. The summed E-state index contributed by atoms with van der Waals surface area (Å²) in [4.78, 5) is 4.09. The van der Waals surface area contributed by atoms with Gasteiger partial charge in [0.2, 0.25) is 0 Å². The van der Waals surface area contributed by atoms with Gasteiger partial charge in [0, 0.05) is 6.20 Å². The Morgan fingerprint density at radius 2 is 2.71 bits per heavy atom. The molecule has 0 spiro atoms. The van der Waals surface area contributed by atoms with E-state index >= 15 is 0 Å². The molecule has 0 bridgehead atoms. The molecule has 3 rings (SSSR count). The molecule has 0 aromatic rings. The van der Waals surface area contributed by atoms with Crippen LogP contribution in [0, 0.1) is 0 Å². The number of hydrogen-bond donors (Lipinski definition) is 0. The number of fused-ring (bicyclic) bond motifs is 1. The number of aliphatic imine (C=N–C) groups is 1. The van der Waals surface area contributed by atoms with E-state index in [1.54, 1.807) is 0 Å². The van der Waals surface area contributed by atoms with Gasteiger partial charge in [-0.1, -0.05) is 11.8 Å². The van der Waals surface area contributed by atoms with E-state index in [-0.39, 0.29) is 0 Å². The van der Waals surface area contributed by atoms with E-state index in [4.69, 9.17) is 11.8 Å². The first-order valence-electron chi connectivity index (χ1n) is 2.05. The molecule has 3 aliphatic heterocycles. The van der Waals surface area contributed by atoms with E-state index in [2.05, 4.69) is 9.66 Å². The van der Waals surface area contributed by atoms with Gasteiger partial charge in [0.1, 0.15) is 5.44 Å². The Labute approximate surface area is 45.6 Å². The van der Waals surface area contributed by atoms with Crippen LogP contribution in [0.2, 0.25) is 0 Å². The highest BCUT2D eigenvalue weighted by molar-refractivity contribution is 8.31. The van der Waals surface area contributed by atoms with Crippen LogP contribution >= 0.6 is 6.19 Å². The summed E-state index contributed by atoms with van der Waals surface area (Å²) in [6.07, 6.45) is 1.02. The zero-order chi connectivity index (χ0) is 4.65. The van der Waals surface area contributed by atoms with Gasteiger partial charge in [-0.2, -0.15) is 0 Å². The number of nitrogens with zero attached hydrogens (tertiary/aromatic N) is 2. The van der Waals surface area contributed by atoms with Crippen molar-refractivity contribution in [3.8, 4) is 0 Å². The molecule has 1 fully saturated rings. The zero-order valence-corrected chi connectivity index (χ0v) is 5.04. The summed E-state index contributed by atoms with van der Waals surface area (Å²) >= 11 is 5.16. The second kappa shape index (κ2) is 0.487. The molecule has 4 heteroatoms. The molecule has 7 heavy (non-hydrogen) atoms. The maximum absolute atomic E-state index is 5.16. The quantitative estimate of drug-likeness (QED) is 0.355. The molecule has 0 aromatic heterocycles. The lowest BCUT2D eigenvalue weighted by Crippen LogP contribution is -1.87. The monoisotopic (exact) mass is 128 g/mol. The fraction of sp³-hybridized carbons (Fsp3) is 0. The molecular formula is C3HN2PS. The van der Waals surface area contributed by atoms with Crippen molar-refractivity contribution in [2.75, 3.05) is 0 Å². The third-order valence-electron chi connectivity index (χ3n) is 1.50. The largest absolute Gasteiger partial charge is 0.288 e. The van der Waals surface area contributed by atoms with Crippen molar-refractivity contribution in [3.63, 3.8) is 0 Å². The summed E-state index contributed by atoms with van der Waals surface area (Å²) in [5.74, 6) is 0. The fourth-order valence-corrected chi connectivity index (χ4v) is 3.96. The summed E-state index contributed by atoms with van der Waals surface area (Å²) < 4.78 is 2.12. The molecule has 34 valence electrons. The first kappa shape index (κ1) is 3.00. The minimum atomic E-state index is -1.02. The van der Waals surface area contributed by atoms with Gasteiger partial charge in [-0.15, -0.1) is 0 Å². The summed E-state index contributed by atoms with van der Waals surface area (Å²) in [5, 5.41) is 0. The molecule has 2 nitrogen and oxygen atoms in total. The Balaban J connectivity index is 2.74. The molecule has 0 N–H and O–H groups in total. The van der Waals surface area contributed by atoms with Crippen molar-refractivity contribution < 1.29 is 0 Å². The van der Waals surface area contributed by atoms with Crippen LogP contribution in [0.5, 0.6) is 0 Å². The summed E-state index contributed by atoms with van der Waals surface area (Å²) in [7, 11) is 0. The van der Waals surface area contributed by atoms with Gasteiger partial charge in [0.05, 0.1) is 0 Å². The highest BCUT2D eigenvalue weighted by Crippen LogP contribution is 2.87. The van der Waals surface area contributed by atoms with Crippen LogP contribution in [0.15, 0.2) is 16.6 Å². The van der Waals surface area contributed by atoms with Crippen molar-refractivity contribution in [2.45, 2.75) is 0 Å². The average Bonchev–Trinajstić information content (AvgIpc) is 2.27. The molecule has 3 aliphatic rings. The zero-order valence-electron chi connectivity index (χ0n) is 3.33. The van der Waals surface area contributed by atoms with E-state index in [0.717, 1.165) is 0 Å². The van der Waals surface area contributed by atoms with Crippen molar-refractivity contribution in [3.05, 3.63) is 11.6 Å². The maximum Gasteiger partial charge on any atom is 0.172 e. The Morgan fingerprint density at radius 3 is 2.71 bits per heavy atom. The second-order valence-electron chi connectivity index (χ2n) is 1.82. The van der Waals surface area contributed by atoms with Crippen molar-refractivity contribution in [1.29, 1.82) is 0 Å². The predicted octanol–water partition coefficient (Wildman–Crippen LogP) is 0.879. The molecule has 1 unspecified atom stereocenters. The molecule has 1 atom stereocenters. The smallest absolute Gasteiger partial charge is 0.172 e. The third kappa shape index (κ3) is 0.112. The fourth-order valence-electron chi connectivity index (χ4n) is 0.964. The topological polar surface area (TPSA) is 15.4 Å². The van der Waals surface area contributed by atoms with Crippen LogP contribution in [0.3, 0.4) is 0 Å². The van der Waals surface area contributed by atoms with E-state index in [1.807, 2.05) is 6.20 Å². The lowest BCUT2D eigenvalue weighted by atomic mass is 10.9. The lowest BCUT2D eigenvalue weighted by Gasteiger charge is -2.09. The summed E-state index contributed by atoms with van der Waals surface area (Å²) in [6, 6.07) is 0. The van der Waals surface area contributed by atoms with Crippen LogP contribution in [0.25, 0.3) is 0 Å². The number of amidine groups is 1. The Hall–Kier alpha value is -0.140. The van der Waals surface area contributed by atoms with Gasteiger partial charge in [-0.05, 0) is 0 Å². The second-order valence-corrected chi connectivity index (χ2v) is 5.85. The van der Waals surface area contributed by atoms with Crippen molar-refractivity contribution in [1.82, 2.24) is 4.67 Å². The SMILES string of the molecule is S=P12C3=CN1C2=N3. The number of rotatable bonds is 0. The summed E-state index contributed by atoms with van der Waals surface area (Å²) in [6.45, 7) is 0. The highest BCUT2D eigenvalue weighted by Gasteiger charge is 2.67. The minimum Gasteiger partial charge on any atom is -0.288 e. The van der Waals surface area contributed by atoms with E-state index in [9.17, 15) is 0 Å². The molecule has 0 aromatic carbocycles. The van der Waals surface area contributed by atoms with Crippen LogP contribution in [0.4, 0.5) is 0 Å². The van der Waals surface area contributed by atoms with Crippen molar-refractivity contribution in [2.24, 2.45) is 4.99 Å². The van der Waals surface area contributed by atoms with Crippen molar-refractivity contribution >= 4 is 23.6 Å². The number of hydrogen-bond acceptors (Lipinski definition) is 2. The Bertz CT molecular complexity index is 277. The molecule has 0 aliphatic carbocycles.